The first kappa shape index (κ1) is 30.5. The second-order valence-corrected chi connectivity index (χ2v) is 9.16. The van der Waals surface area contributed by atoms with Crippen molar-refractivity contribution in [3.05, 3.63) is 65.0 Å². The van der Waals surface area contributed by atoms with Gasteiger partial charge in [0.15, 0.2) is 41.0 Å². The summed E-state index contributed by atoms with van der Waals surface area (Å²) in [6.45, 7) is 1.20. The number of phenols is 6. The molecule has 3 atom stereocenters. The largest absolute Gasteiger partial charge is 0.508 e. The van der Waals surface area contributed by atoms with Crippen molar-refractivity contribution in [3.63, 3.8) is 0 Å². The summed E-state index contributed by atoms with van der Waals surface area (Å²) in [5, 5.41) is 60.5. The van der Waals surface area contributed by atoms with Gasteiger partial charge in [-0.05, 0) is 30.3 Å². The Balaban J connectivity index is 1.70. The number of carbonyl (C=O) groups excluding carboxylic acids is 1. The van der Waals surface area contributed by atoms with Gasteiger partial charge in [0.1, 0.15) is 23.4 Å². The van der Waals surface area contributed by atoms with Gasteiger partial charge < -0.3 is 60.1 Å². The molecule has 0 aliphatic carbocycles. The van der Waals surface area contributed by atoms with Gasteiger partial charge >= 0.3 is 5.97 Å². The third-order valence-electron chi connectivity index (χ3n) is 6.25. The van der Waals surface area contributed by atoms with Crippen molar-refractivity contribution in [2.45, 2.75) is 18.3 Å². The summed E-state index contributed by atoms with van der Waals surface area (Å²) in [4.78, 5) is 13.2. The highest BCUT2D eigenvalue weighted by Gasteiger charge is 2.45. The Morgan fingerprint density at radius 2 is 1.50 bits per heavy atom. The molecule has 14 heteroatoms. The molecule has 1 aliphatic rings. The third kappa shape index (κ3) is 6.86. The molecule has 42 heavy (non-hydrogen) atoms. The lowest BCUT2D eigenvalue weighted by molar-refractivity contribution is -0.118. The third-order valence-corrected chi connectivity index (χ3v) is 6.25. The number of esters is 1. The molecule has 8 N–H and O–H groups in total. The zero-order valence-corrected chi connectivity index (χ0v) is 22.1. The summed E-state index contributed by atoms with van der Waals surface area (Å²) in [7, 11) is 0. The van der Waals surface area contributed by atoms with Crippen molar-refractivity contribution in [1.29, 1.82) is 0 Å². The normalized spacial score (nSPS) is 17.8. The first-order valence-electron chi connectivity index (χ1n) is 12.7. The second kappa shape index (κ2) is 13.4. The average molecular weight is 592 g/mol. The van der Waals surface area contributed by atoms with Gasteiger partial charge in [0.2, 0.25) is 0 Å². The number of phenolic OH excluding ortho intramolecular Hbond substituents is 6. The molecule has 226 valence electrons. The van der Waals surface area contributed by atoms with Gasteiger partial charge in [0.25, 0.3) is 0 Å². The number of ether oxygens (including phenoxy) is 5. The average Bonchev–Trinajstić information content (AvgIpc) is 2.94. The Labute approximate surface area is 238 Å². The molecule has 1 heterocycles. The predicted molar refractivity (Wildman–Crippen MR) is 141 cm³/mol. The lowest BCUT2D eigenvalue weighted by Gasteiger charge is -2.39. The lowest BCUT2D eigenvalue weighted by Crippen LogP contribution is -2.40. The maximum Gasteiger partial charge on any atom is 0.338 e. The van der Waals surface area contributed by atoms with Crippen LogP contribution in [0.4, 0.5) is 4.39 Å². The van der Waals surface area contributed by atoms with E-state index in [9.17, 15) is 39.8 Å². The van der Waals surface area contributed by atoms with Gasteiger partial charge in [-0.25, -0.2) is 9.18 Å². The SMILES string of the molecule is NCCOCCOCCOC1c2c(O)cc(O)cc2OC(c2cc(O)c(O)c(O)c2)C1OC(=O)c1ccc(O)c(F)c1. The van der Waals surface area contributed by atoms with Crippen LogP contribution in [0.15, 0.2) is 42.5 Å². The molecule has 3 aromatic rings. The molecule has 0 fully saturated rings. The predicted octanol–water partition coefficient (Wildman–Crippen LogP) is 2.47. The summed E-state index contributed by atoms with van der Waals surface area (Å²) >= 11 is 0. The van der Waals surface area contributed by atoms with E-state index in [4.69, 9.17) is 29.4 Å². The van der Waals surface area contributed by atoms with Crippen LogP contribution in [0.25, 0.3) is 0 Å². The molecular formula is C28H30FNO12. The Morgan fingerprint density at radius 3 is 2.17 bits per heavy atom. The smallest absolute Gasteiger partial charge is 0.338 e. The number of rotatable bonds is 12. The molecule has 0 bridgehead atoms. The highest BCUT2D eigenvalue weighted by molar-refractivity contribution is 5.89. The zero-order valence-electron chi connectivity index (χ0n) is 22.1. The summed E-state index contributed by atoms with van der Waals surface area (Å²) in [6, 6.07) is 7.15. The van der Waals surface area contributed by atoms with Gasteiger partial charge in [-0.1, -0.05) is 0 Å². The van der Waals surface area contributed by atoms with Crippen molar-refractivity contribution < 1.29 is 63.5 Å². The monoisotopic (exact) mass is 591 g/mol. The fourth-order valence-electron chi connectivity index (χ4n) is 4.32. The van der Waals surface area contributed by atoms with Crippen LogP contribution in [-0.2, 0) is 18.9 Å². The number of hydrogen-bond acceptors (Lipinski definition) is 13. The number of halogens is 1. The van der Waals surface area contributed by atoms with Crippen LogP contribution in [0.1, 0.15) is 33.7 Å². The molecule has 3 aromatic carbocycles. The maximum atomic E-state index is 14.0. The molecule has 3 unspecified atom stereocenters. The van der Waals surface area contributed by atoms with Crippen molar-refractivity contribution in [1.82, 2.24) is 0 Å². The Kier molecular flexibility index (Phi) is 9.75. The summed E-state index contributed by atoms with van der Waals surface area (Å²) < 4.78 is 42.4. The summed E-state index contributed by atoms with van der Waals surface area (Å²) in [5.41, 5.74) is 5.10. The van der Waals surface area contributed by atoms with Gasteiger partial charge in [-0.2, -0.15) is 0 Å². The molecule has 0 spiro atoms. The number of benzene rings is 3. The maximum absolute atomic E-state index is 14.0. The molecule has 13 nitrogen and oxygen atoms in total. The van der Waals surface area contributed by atoms with E-state index in [1.165, 1.54) is 6.07 Å². The first-order valence-corrected chi connectivity index (χ1v) is 12.7. The van der Waals surface area contributed by atoms with Crippen molar-refractivity contribution in [2.24, 2.45) is 5.73 Å². The molecule has 1 aliphatic heterocycles. The Morgan fingerprint density at radius 1 is 0.833 bits per heavy atom. The van der Waals surface area contributed by atoms with Crippen LogP contribution in [0.3, 0.4) is 0 Å². The standard InChI is InChI=1S/C28H30FNO12/c29-17-9-14(1-2-18(17)32)28(37)42-27-25(15-10-20(34)24(36)21(35)11-15)41-22-13-16(31)12-19(33)23(22)26(27)40-8-7-39-6-5-38-4-3-30/h1-2,9-13,25-27,31-36H,3-8,30H2. The molecule has 0 radical (unpaired) electrons. The van der Waals surface area contributed by atoms with E-state index in [0.29, 0.717) is 13.2 Å². The number of fused-ring (bicyclic) bond motifs is 1. The number of carbonyl (C=O) groups is 1. The van der Waals surface area contributed by atoms with E-state index in [1.807, 2.05) is 0 Å². The highest BCUT2D eigenvalue weighted by Crippen LogP contribution is 2.51. The molecule has 0 amide bonds. The lowest BCUT2D eigenvalue weighted by atomic mass is 9.90. The van der Waals surface area contributed by atoms with E-state index in [-0.39, 0.29) is 54.6 Å². The number of hydrogen-bond donors (Lipinski definition) is 7. The van der Waals surface area contributed by atoms with Gasteiger partial charge in [0, 0.05) is 24.2 Å². The fourth-order valence-corrected chi connectivity index (χ4v) is 4.32. The van der Waals surface area contributed by atoms with E-state index >= 15 is 0 Å². The van der Waals surface area contributed by atoms with Crippen LogP contribution in [-0.4, -0.2) is 82.3 Å². The zero-order chi connectivity index (χ0) is 30.4. The summed E-state index contributed by atoms with van der Waals surface area (Å²) in [6.07, 6.45) is -4.12. The Bertz CT molecular complexity index is 1390. The minimum atomic E-state index is -1.46. The number of aromatic hydroxyl groups is 6. The minimum absolute atomic E-state index is 0.00256. The molecular weight excluding hydrogens is 561 g/mol. The van der Waals surface area contributed by atoms with Crippen LogP contribution in [0, 0.1) is 5.82 Å². The first-order chi connectivity index (χ1) is 20.1. The molecule has 0 saturated carbocycles. The van der Waals surface area contributed by atoms with Gasteiger partial charge in [-0.3, -0.25) is 0 Å². The van der Waals surface area contributed by atoms with Crippen molar-refractivity contribution in [2.75, 3.05) is 39.6 Å². The second-order valence-electron chi connectivity index (χ2n) is 9.16. The van der Waals surface area contributed by atoms with Crippen molar-refractivity contribution >= 4 is 5.97 Å². The van der Waals surface area contributed by atoms with Gasteiger partial charge in [0.05, 0.1) is 44.2 Å². The molecule has 0 aromatic heterocycles. The molecule has 4 rings (SSSR count). The Hall–Kier alpha value is -4.50. The van der Waals surface area contributed by atoms with E-state index in [1.54, 1.807) is 0 Å². The van der Waals surface area contributed by atoms with Crippen LogP contribution in [0.5, 0.6) is 40.2 Å². The minimum Gasteiger partial charge on any atom is -0.508 e. The fraction of sp³-hybridized carbons (Fsp3) is 0.321. The van der Waals surface area contributed by atoms with E-state index in [2.05, 4.69) is 0 Å². The van der Waals surface area contributed by atoms with Gasteiger partial charge in [-0.15, -0.1) is 0 Å². The van der Waals surface area contributed by atoms with Crippen LogP contribution >= 0.6 is 0 Å². The highest BCUT2D eigenvalue weighted by atomic mass is 19.1. The van der Waals surface area contributed by atoms with Crippen LogP contribution in [0.2, 0.25) is 0 Å². The van der Waals surface area contributed by atoms with Crippen LogP contribution < -0.4 is 10.5 Å². The van der Waals surface area contributed by atoms with Crippen molar-refractivity contribution in [3.8, 4) is 40.2 Å². The number of nitrogens with two attached hydrogens (primary N) is 1. The quantitative estimate of drug-likeness (QED) is 0.0918. The molecule has 0 saturated heterocycles. The van der Waals surface area contributed by atoms with E-state index in [0.717, 1.165) is 36.4 Å². The summed E-state index contributed by atoms with van der Waals surface area (Å²) in [5.74, 6) is -5.97. The van der Waals surface area contributed by atoms with E-state index < -0.39 is 58.8 Å². The topological polar surface area (TPSA) is 211 Å².